The van der Waals surface area contributed by atoms with Crippen LogP contribution in [0.5, 0.6) is 0 Å². The molecule has 104 valence electrons. The minimum Gasteiger partial charge on any atom is -0.330 e. The summed E-state index contributed by atoms with van der Waals surface area (Å²) in [6, 6.07) is 3.16. The fraction of sp³-hybridized carbons (Fsp3) is 0.250. The number of hydrogen-bond donors (Lipinski definition) is 1. The number of imidazole rings is 1. The molecule has 3 rings (SSSR count). The van der Waals surface area contributed by atoms with Gasteiger partial charge in [-0.1, -0.05) is 0 Å². The lowest BCUT2D eigenvalue weighted by molar-refractivity contribution is 0.622. The second-order valence-electron chi connectivity index (χ2n) is 4.45. The summed E-state index contributed by atoms with van der Waals surface area (Å²) in [5.74, 6) is 0.442. The Hall–Kier alpha value is -1.54. The molecule has 0 amide bonds. The Balaban J connectivity index is 1.96. The third kappa shape index (κ3) is 2.40. The standard InChI is InChI=1S/C12H11BrFN5S/c1-18-6-15-11(17-18)2-3-19-10-4-7(13)8(14)5-9(10)16-12(19)20/h4-6H,2-3H2,1H3,(H,16,20). The average molecular weight is 356 g/mol. The molecule has 0 fully saturated rings. The molecule has 0 radical (unpaired) electrons. The summed E-state index contributed by atoms with van der Waals surface area (Å²) in [5.41, 5.74) is 1.55. The summed E-state index contributed by atoms with van der Waals surface area (Å²) >= 11 is 8.48. The van der Waals surface area contributed by atoms with E-state index in [0.29, 0.717) is 27.7 Å². The molecule has 0 atom stereocenters. The smallest absolute Gasteiger partial charge is 0.178 e. The number of benzene rings is 1. The molecule has 20 heavy (non-hydrogen) atoms. The minimum absolute atomic E-state index is 0.313. The second-order valence-corrected chi connectivity index (χ2v) is 5.69. The first-order valence-corrected chi connectivity index (χ1v) is 7.17. The van der Waals surface area contributed by atoms with Crippen LogP contribution >= 0.6 is 28.1 Å². The summed E-state index contributed by atoms with van der Waals surface area (Å²) in [7, 11) is 1.83. The van der Waals surface area contributed by atoms with E-state index in [2.05, 4.69) is 31.0 Å². The number of aryl methyl sites for hydroxylation is 3. The number of aromatic amines is 1. The highest BCUT2D eigenvalue weighted by atomic mass is 79.9. The first-order valence-electron chi connectivity index (χ1n) is 5.96. The molecule has 0 unspecified atom stereocenters. The molecule has 0 saturated carbocycles. The van der Waals surface area contributed by atoms with Gasteiger partial charge in [-0.2, -0.15) is 5.10 Å². The van der Waals surface area contributed by atoms with Gasteiger partial charge >= 0.3 is 0 Å². The molecule has 2 heterocycles. The van der Waals surface area contributed by atoms with E-state index in [0.717, 1.165) is 11.3 Å². The largest absolute Gasteiger partial charge is 0.330 e. The van der Waals surface area contributed by atoms with Gasteiger partial charge in [0.1, 0.15) is 12.1 Å². The topological polar surface area (TPSA) is 51.4 Å². The fourth-order valence-corrected chi connectivity index (χ4v) is 2.72. The Labute approximate surface area is 127 Å². The molecule has 5 nitrogen and oxygen atoms in total. The van der Waals surface area contributed by atoms with Crippen LogP contribution in [-0.4, -0.2) is 24.3 Å². The summed E-state index contributed by atoms with van der Waals surface area (Å²) in [4.78, 5) is 7.19. The molecule has 0 aliphatic heterocycles. The molecule has 8 heteroatoms. The monoisotopic (exact) mass is 355 g/mol. The maximum atomic E-state index is 13.5. The molecule has 0 aliphatic rings. The van der Waals surface area contributed by atoms with Crippen LogP contribution in [-0.2, 0) is 20.0 Å². The van der Waals surface area contributed by atoms with Crippen molar-refractivity contribution in [3.05, 3.63) is 39.3 Å². The van der Waals surface area contributed by atoms with Crippen LogP contribution in [0.4, 0.5) is 4.39 Å². The number of aromatic nitrogens is 5. The van der Waals surface area contributed by atoms with Crippen molar-refractivity contribution >= 4 is 39.2 Å². The van der Waals surface area contributed by atoms with Gasteiger partial charge in [-0.05, 0) is 34.2 Å². The van der Waals surface area contributed by atoms with E-state index >= 15 is 0 Å². The Morgan fingerprint density at radius 3 is 2.95 bits per heavy atom. The van der Waals surface area contributed by atoms with Crippen molar-refractivity contribution in [2.45, 2.75) is 13.0 Å². The van der Waals surface area contributed by atoms with Gasteiger partial charge in [-0.15, -0.1) is 0 Å². The van der Waals surface area contributed by atoms with Gasteiger partial charge in [-0.3, -0.25) is 4.68 Å². The van der Waals surface area contributed by atoms with Gasteiger partial charge < -0.3 is 9.55 Å². The van der Waals surface area contributed by atoms with Crippen molar-refractivity contribution in [1.82, 2.24) is 24.3 Å². The average Bonchev–Trinajstić information content (AvgIpc) is 2.92. The van der Waals surface area contributed by atoms with Gasteiger partial charge in [-0.25, -0.2) is 9.37 Å². The predicted molar refractivity (Wildman–Crippen MR) is 79.5 cm³/mol. The maximum Gasteiger partial charge on any atom is 0.178 e. The summed E-state index contributed by atoms with van der Waals surface area (Å²) in [6.07, 6.45) is 2.33. The Kier molecular flexibility index (Phi) is 3.43. The lowest BCUT2D eigenvalue weighted by Crippen LogP contribution is -2.03. The third-order valence-corrected chi connectivity index (χ3v) is 3.95. The van der Waals surface area contributed by atoms with E-state index in [9.17, 15) is 4.39 Å². The van der Waals surface area contributed by atoms with Gasteiger partial charge in [0.25, 0.3) is 0 Å². The number of halogens is 2. The van der Waals surface area contributed by atoms with E-state index in [1.165, 1.54) is 6.07 Å². The fourth-order valence-electron chi connectivity index (χ4n) is 2.08. The normalized spacial score (nSPS) is 11.3. The zero-order chi connectivity index (χ0) is 14.3. The van der Waals surface area contributed by atoms with Gasteiger partial charge in [0.05, 0.1) is 15.5 Å². The van der Waals surface area contributed by atoms with E-state index in [-0.39, 0.29) is 5.82 Å². The van der Waals surface area contributed by atoms with Crippen LogP contribution in [0, 0.1) is 10.6 Å². The highest BCUT2D eigenvalue weighted by Crippen LogP contribution is 2.23. The van der Waals surface area contributed by atoms with Crippen molar-refractivity contribution in [3.8, 4) is 0 Å². The zero-order valence-corrected chi connectivity index (χ0v) is 13.0. The first kappa shape index (κ1) is 13.4. The van der Waals surface area contributed by atoms with Crippen LogP contribution in [0.1, 0.15) is 5.82 Å². The summed E-state index contributed by atoms with van der Waals surface area (Å²) < 4.78 is 18.1. The molecular weight excluding hydrogens is 345 g/mol. The molecule has 0 bridgehead atoms. The van der Waals surface area contributed by atoms with E-state index in [4.69, 9.17) is 12.2 Å². The number of nitrogens with zero attached hydrogens (tertiary/aromatic N) is 4. The molecule has 3 aromatic rings. The Morgan fingerprint density at radius 2 is 2.25 bits per heavy atom. The van der Waals surface area contributed by atoms with Crippen LogP contribution in [0.3, 0.4) is 0 Å². The number of rotatable bonds is 3. The van der Waals surface area contributed by atoms with E-state index in [1.807, 2.05) is 11.6 Å². The Bertz CT molecular complexity index is 834. The van der Waals surface area contributed by atoms with Crippen LogP contribution < -0.4 is 0 Å². The van der Waals surface area contributed by atoms with Crippen molar-refractivity contribution in [1.29, 1.82) is 0 Å². The molecule has 1 N–H and O–H groups in total. The van der Waals surface area contributed by atoms with Crippen molar-refractivity contribution in [2.24, 2.45) is 7.05 Å². The van der Waals surface area contributed by atoms with Crippen molar-refractivity contribution in [3.63, 3.8) is 0 Å². The quantitative estimate of drug-likeness (QED) is 0.734. The highest BCUT2D eigenvalue weighted by molar-refractivity contribution is 9.10. The summed E-state index contributed by atoms with van der Waals surface area (Å²) in [5, 5.41) is 4.23. The van der Waals surface area contributed by atoms with Crippen molar-refractivity contribution < 1.29 is 4.39 Å². The number of H-pyrrole nitrogens is 1. The molecular formula is C12H11BrFN5S. The number of hydrogen-bond acceptors (Lipinski definition) is 3. The molecule has 2 aromatic heterocycles. The van der Waals surface area contributed by atoms with Crippen LogP contribution in [0.25, 0.3) is 11.0 Å². The first-order chi connectivity index (χ1) is 9.54. The molecule has 0 aliphatic carbocycles. The van der Waals surface area contributed by atoms with E-state index < -0.39 is 0 Å². The lowest BCUT2D eigenvalue weighted by atomic mass is 10.3. The molecule has 0 spiro atoms. The number of fused-ring (bicyclic) bond motifs is 1. The molecule has 1 aromatic carbocycles. The minimum atomic E-state index is -0.313. The third-order valence-electron chi connectivity index (χ3n) is 3.02. The van der Waals surface area contributed by atoms with Gasteiger partial charge in [0, 0.05) is 26.1 Å². The maximum absolute atomic E-state index is 13.5. The number of nitrogens with one attached hydrogen (secondary N) is 1. The SMILES string of the molecule is Cn1cnc(CCn2c(=S)[nH]c3cc(F)c(Br)cc32)n1. The Morgan fingerprint density at radius 1 is 1.45 bits per heavy atom. The van der Waals surface area contributed by atoms with Gasteiger partial charge in [0.2, 0.25) is 0 Å². The lowest BCUT2D eigenvalue weighted by Gasteiger charge is -2.03. The van der Waals surface area contributed by atoms with E-state index in [1.54, 1.807) is 17.1 Å². The summed E-state index contributed by atoms with van der Waals surface area (Å²) in [6.45, 7) is 0.640. The van der Waals surface area contributed by atoms with Crippen LogP contribution in [0.2, 0.25) is 0 Å². The predicted octanol–water partition coefficient (Wildman–Crippen LogP) is 2.97. The second kappa shape index (κ2) is 5.10. The van der Waals surface area contributed by atoms with Gasteiger partial charge in [0.15, 0.2) is 10.6 Å². The van der Waals surface area contributed by atoms with Crippen LogP contribution in [0.15, 0.2) is 22.9 Å². The highest BCUT2D eigenvalue weighted by Gasteiger charge is 2.09. The molecule has 0 saturated heterocycles. The zero-order valence-electron chi connectivity index (χ0n) is 10.6. The van der Waals surface area contributed by atoms with Crippen molar-refractivity contribution in [2.75, 3.05) is 0 Å².